The van der Waals surface area contributed by atoms with Crippen LogP contribution >= 0.6 is 12.4 Å². The van der Waals surface area contributed by atoms with Gasteiger partial charge in [-0.15, -0.1) is 12.4 Å². The van der Waals surface area contributed by atoms with Gasteiger partial charge in [-0.2, -0.15) is 0 Å². The monoisotopic (exact) mass is 352 g/mol. The summed E-state index contributed by atoms with van der Waals surface area (Å²) in [5, 5.41) is 7.75. The number of aromatic nitrogens is 2. The van der Waals surface area contributed by atoms with Crippen molar-refractivity contribution in [1.82, 2.24) is 15.5 Å². The Kier molecular flexibility index (Phi) is 5.20. The Hall–Kier alpha value is -1.66. The summed E-state index contributed by atoms with van der Waals surface area (Å²) in [6.07, 6.45) is 2.22. The fourth-order valence-electron chi connectivity index (χ4n) is 2.64. The predicted octanol–water partition coefficient (Wildman–Crippen LogP) is 2.93. The number of carbonyl (C=O) groups is 1. The van der Waals surface area contributed by atoms with Crippen LogP contribution in [0.5, 0.6) is 0 Å². The normalized spacial score (nSPS) is 16.8. The van der Waals surface area contributed by atoms with E-state index < -0.39 is 5.54 Å². The van der Waals surface area contributed by atoms with E-state index in [0.717, 1.165) is 18.5 Å². The van der Waals surface area contributed by atoms with Gasteiger partial charge in [-0.05, 0) is 38.7 Å². The molecule has 1 atom stereocenters. The summed E-state index contributed by atoms with van der Waals surface area (Å²) in [4.78, 5) is 17.4. The Morgan fingerprint density at radius 1 is 1.50 bits per heavy atom. The van der Waals surface area contributed by atoms with Crippen molar-refractivity contribution in [2.75, 3.05) is 6.54 Å². The Morgan fingerprint density at radius 3 is 2.71 bits per heavy atom. The minimum atomic E-state index is -0.461. The molecule has 0 saturated heterocycles. The second-order valence-corrected chi connectivity index (χ2v) is 7.05. The average molecular weight is 353 g/mol. The van der Waals surface area contributed by atoms with E-state index in [0.29, 0.717) is 34.8 Å². The number of aryl methyl sites for hydroxylation is 1. The summed E-state index contributed by atoms with van der Waals surface area (Å²) in [5.41, 5.74) is 8.04. The number of fused-ring (bicyclic) bond motifs is 1. The van der Waals surface area contributed by atoms with E-state index in [1.807, 2.05) is 19.9 Å². The SMILES string of the molecule is Cc1noc2nc(C3CC3)cc(C(=O)NC(C)(CN)C(C)C)c12.Cl. The highest BCUT2D eigenvalue weighted by molar-refractivity contribution is 6.06. The summed E-state index contributed by atoms with van der Waals surface area (Å²) in [7, 11) is 0. The molecule has 1 amide bonds. The van der Waals surface area contributed by atoms with Crippen LogP contribution in [-0.4, -0.2) is 28.1 Å². The standard InChI is InChI=1S/C17H24N4O2.ClH/c1-9(2)17(4,8-18)20-15(22)12-7-13(11-5-6-11)19-16-14(12)10(3)21-23-16;/h7,9,11H,5-6,8,18H2,1-4H3,(H,20,22);1H. The number of hydrogen-bond donors (Lipinski definition) is 2. The van der Waals surface area contributed by atoms with E-state index in [1.54, 1.807) is 0 Å². The second kappa shape index (κ2) is 6.69. The first kappa shape index (κ1) is 18.7. The number of halogens is 1. The third-order valence-corrected chi connectivity index (χ3v) is 4.97. The van der Waals surface area contributed by atoms with Crippen LogP contribution in [0.15, 0.2) is 10.6 Å². The van der Waals surface area contributed by atoms with Gasteiger partial charge in [0.05, 0.1) is 22.2 Å². The molecule has 1 aliphatic rings. The summed E-state index contributed by atoms with van der Waals surface area (Å²) in [6, 6.07) is 1.89. The second-order valence-electron chi connectivity index (χ2n) is 7.05. The zero-order valence-electron chi connectivity index (χ0n) is 14.5. The zero-order valence-corrected chi connectivity index (χ0v) is 15.4. The minimum Gasteiger partial charge on any atom is -0.345 e. The van der Waals surface area contributed by atoms with Gasteiger partial charge in [0.1, 0.15) is 0 Å². The molecular formula is C17H25ClN4O2. The van der Waals surface area contributed by atoms with E-state index in [-0.39, 0.29) is 24.2 Å². The molecule has 7 heteroatoms. The van der Waals surface area contributed by atoms with E-state index >= 15 is 0 Å². The molecule has 2 heterocycles. The van der Waals surface area contributed by atoms with Crippen LogP contribution in [0.25, 0.3) is 11.1 Å². The molecule has 6 nitrogen and oxygen atoms in total. The van der Waals surface area contributed by atoms with Crippen LogP contribution in [0.2, 0.25) is 0 Å². The van der Waals surface area contributed by atoms with Gasteiger partial charge in [0.2, 0.25) is 0 Å². The van der Waals surface area contributed by atoms with Crippen LogP contribution in [0, 0.1) is 12.8 Å². The van der Waals surface area contributed by atoms with Crippen LogP contribution < -0.4 is 11.1 Å². The summed E-state index contributed by atoms with van der Waals surface area (Å²) in [6.45, 7) is 8.27. The fourth-order valence-corrected chi connectivity index (χ4v) is 2.64. The number of pyridine rings is 1. The number of carbonyl (C=O) groups excluding carboxylic acids is 1. The number of hydrogen-bond acceptors (Lipinski definition) is 5. The maximum Gasteiger partial charge on any atom is 0.259 e. The Labute approximate surface area is 148 Å². The van der Waals surface area contributed by atoms with E-state index in [2.05, 4.69) is 29.3 Å². The van der Waals surface area contributed by atoms with Crippen molar-refractivity contribution in [1.29, 1.82) is 0 Å². The molecule has 1 fully saturated rings. The molecule has 1 saturated carbocycles. The Balaban J connectivity index is 0.00000208. The molecule has 0 spiro atoms. The number of nitrogens with two attached hydrogens (primary N) is 1. The average Bonchev–Trinajstić information content (AvgIpc) is 3.30. The van der Waals surface area contributed by atoms with Crippen molar-refractivity contribution in [3.63, 3.8) is 0 Å². The van der Waals surface area contributed by atoms with Crippen molar-refractivity contribution >= 4 is 29.4 Å². The van der Waals surface area contributed by atoms with Crippen molar-refractivity contribution in [3.05, 3.63) is 23.0 Å². The molecule has 1 unspecified atom stereocenters. The molecule has 0 aromatic carbocycles. The topological polar surface area (TPSA) is 94.0 Å². The number of nitrogens with one attached hydrogen (secondary N) is 1. The molecule has 3 rings (SSSR count). The van der Waals surface area contributed by atoms with Gasteiger partial charge in [-0.1, -0.05) is 19.0 Å². The predicted molar refractivity (Wildman–Crippen MR) is 95.5 cm³/mol. The largest absolute Gasteiger partial charge is 0.345 e. The smallest absolute Gasteiger partial charge is 0.259 e. The molecule has 1 aliphatic carbocycles. The van der Waals surface area contributed by atoms with Crippen LogP contribution in [0.4, 0.5) is 0 Å². The highest BCUT2D eigenvalue weighted by atomic mass is 35.5. The van der Waals surface area contributed by atoms with Gasteiger partial charge in [-0.25, -0.2) is 4.98 Å². The maximum absolute atomic E-state index is 12.9. The molecule has 0 aliphatic heterocycles. The molecule has 2 aromatic heterocycles. The highest BCUT2D eigenvalue weighted by Gasteiger charge is 2.32. The van der Waals surface area contributed by atoms with E-state index in [4.69, 9.17) is 10.3 Å². The Morgan fingerprint density at radius 2 is 2.17 bits per heavy atom. The van der Waals surface area contributed by atoms with E-state index in [1.165, 1.54) is 0 Å². The molecule has 0 bridgehead atoms. The fraction of sp³-hybridized carbons (Fsp3) is 0.588. The Bertz CT molecular complexity index is 754. The molecule has 3 N–H and O–H groups in total. The third kappa shape index (κ3) is 3.26. The molecular weight excluding hydrogens is 328 g/mol. The van der Waals surface area contributed by atoms with Crippen molar-refractivity contribution < 1.29 is 9.32 Å². The summed E-state index contributed by atoms with van der Waals surface area (Å²) < 4.78 is 5.30. The lowest BCUT2D eigenvalue weighted by Gasteiger charge is -2.33. The van der Waals surface area contributed by atoms with Crippen molar-refractivity contribution in [3.8, 4) is 0 Å². The first-order valence-corrected chi connectivity index (χ1v) is 8.15. The highest BCUT2D eigenvalue weighted by Crippen LogP contribution is 2.40. The van der Waals surface area contributed by atoms with Crippen molar-refractivity contribution in [2.45, 2.75) is 52.0 Å². The van der Waals surface area contributed by atoms with Gasteiger partial charge in [0.25, 0.3) is 11.6 Å². The first-order chi connectivity index (χ1) is 10.9. The molecule has 0 radical (unpaired) electrons. The minimum absolute atomic E-state index is 0. The quantitative estimate of drug-likeness (QED) is 0.862. The summed E-state index contributed by atoms with van der Waals surface area (Å²) >= 11 is 0. The lowest BCUT2D eigenvalue weighted by Crippen LogP contribution is -2.55. The molecule has 2 aromatic rings. The van der Waals surface area contributed by atoms with Gasteiger partial charge in [0, 0.05) is 18.2 Å². The lowest BCUT2D eigenvalue weighted by molar-refractivity contribution is 0.0884. The van der Waals surface area contributed by atoms with Gasteiger partial charge in [-0.3, -0.25) is 4.79 Å². The summed E-state index contributed by atoms with van der Waals surface area (Å²) in [5.74, 6) is 0.509. The molecule has 24 heavy (non-hydrogen) atoms. The van der Waals surface area contributed by atoms with Crippen LogP contribution in [-0.2, 0) is 0 Å². The maximum atomic E-state index is 12.9. The van der Waals surface area contributed by atoms with Gasteiger partial charge in [0.15, 0.2) is 0 Å². The van der Waals surface area contributed by atoms with Gasteiger partial charge < -0.3 is 15.6 Å². The van der Waals surface area contributed by atoms with Crippen LogP contribution in [0.3, 0.4) is 0 Å². The third-order valence-electron chi connectivity index (χ3n) is 4.97. The number of nitrogens with zero attached hydrogens (tertiary/aromatic N) is 2. The van der Waals surface area contributed by atoms with E-state index in [9.17, 15) is 4.79 Å². The first-order valence-electron chi connectivity index (χ1n) is 8.15. The lowest BCUT2D eigenvalue weighted by atomic mass is 9.88. The number of amides is 1. The number of rotatable bonds is 5. The van der Waals surface area contributed by atoms with Crippen LogP contribution in [0.1, 0.15) is 61.3 Å². The zero-order chi connectivity index (χ0) is 16.8. The molecule has 132 valence electrons. The van der Waals surface area contributed by atoms with Gasteiger partial charge >= 0.3 is 0 Å². The van der Waals surface area contributed by atoms with Crippen molar-refractivity contribution in [2.24, 2.45) is 11.7 Å².